The molecule has 0 spiro atoms. The third-order valence-corrected chi connectivity index (χ3v) is 3.14. The summed E-state index contributed by atoms with van der Waals surface area (Å²) in [7, 11) is 0. The second-order valence-corrected chi connectivity index (χ2v) is 5.70. The van der Waals surface area contributed by atoms with Crippen molar-refractivity contribution < 1.29 is 9.63 Å². The van der Waals surface area contributed by atoms with Crippen LogP contribution in [0, 0.1) is 0 Å². The van der Waals surface area contributed by atoms with Crippen molar-refractivity contribution in [3.8, 4) is 0 Å². The van der Waals surface area contributed by atoms with E-state index in [2.05, 4.69) is 28.9 Å². The Bertz CT molecular complexity index is 371. The maximum Gasteiger partial charge on any atom is 0.243 e. The van der Waals surface area contributed by atoms with E-state index < -0.39 is 5.60 Å². The number of likely N-dealkylation sites (N-methyl/N-ethyl adjacent to an activating group) is 1. The first-order valence-electron chi connectivity index (χ1n) is 7.16. The second kappa shape index (κ2) is 7.01. The summed E-state index contributed by atoms with van der Waals surface area (Å²) in [4.78, 5) is 6.58. The van der Waals surface area contributed by atoms with Crippen molar-refractivity contribution in [2.24, 2.45) is 0 Å². The van der Waals surface area contributed by atoms with Crippen LogP contribution in [0.5, 0.6) is 0 Å². The zero-order valence-electron chi connectivity index (χ0n) is 12.8. The second-order valence-electron chi connectivity index (χ2n) is 5.70. The Morgan fingerprint density at radius 3 is 2.58 bits per heavy atom. The summed E-state index contributed by atoms with van der Waals surface area (Å²) in [6.45, 7) is 11.3. The van der Waals surface area contributed by atoms with E-state index in [1.165, 1.54) is 0 Å². The standard InChI is InChI=1S/C14H27N3O2/c1-6-8-9-12-15-13(19-16-12)11(3)17(7-2)10-14(4,5)18/h11,18H,6-10H2,1-5H3. The van der Waals surface area contributed by atoms with Crippen LogP contribution in [0.2, 0.25) is 0 Å². The van der Waals surface area contributed by atoms with Gasteiger partial charge in [0.05, 0.1) is 11.6 Å². The molecule has 1 N–H and O–H groups in total. The van der Waals surface area contributed by atoms with Crippen molar-refractivity contribution in [1.29, 1.82) is 0 Å². The SMILES string of the molecule is CCCCc1noc(C(C)N(CC)CC(C)(C)O)n1. The fraction of sp³-hybridized carbons (Fsp3) is 0.857. The average molecular weight is 269 g/mol. The zero-order chi connectivity index (χ0) is 14.5. The molecule has 1 rings (SSSR count). The van der Waals surface area contributed by atoms with E-state index in [-0.39, 0.29) is 6.04 Å². The first kappa shape index (κ1) is 16.1. The number of aromatic nitrogens is 2. The van der Waals surface area contributed by atoms with E-state index in [0.29, 0.717) is 12.4 Å². The Morgan fingerprint density at radius 2 is 2.05 bits per heavy atom. The van der Waals surface area contributed by atoms with Crippen molar-refractivity contribution in [3.05, 3.63) is 11.7 Å². The van der Waals surface area contributed by atoms with Crippen LogP contribution in [-0.4, -0.2) is 38.8 Å². The Morgan fingerprint density at radius 1 is 1.37 bits per heavy atom. The van der Waals surface area contributed by atoms with Crippen molar-refractivity contribution in [2.75, 3.05) is 13.1 Å². The largest absolute Gasteiger partial charge is 0.389 e. The molecule has 0 aromatic carbocycles. The van der Waals surface area contributed by atoms with Gasteiger partial charge in [0.25, 0.3) is 0 Å². The van der Waals surface area contributed by atoms with Gasteiger partial charge in [-0.25, -0.2) is 0 Å². The fourth-order valence-electron chi connectivity index (χ4n) is 2.05. The number of unbranched alkanes of at least 4 members (excludes halogenated alkanes) is 1. The summed E-state index contributed by atoms with van der Waals surface area (Å²) in [6.07, 6.45) is 3.07. The molecule has 0 aliphatic heterocycles. The molecule has 19 heavy (non-hydrogen) atoms. The average Bonchev–Trinajstić information content (AvgIpc) is 2.80. The molecule has 0 amide bonds. The van der Waals surface area contributed by atoms with E-state index in [1.54, 1.807) is 0 Å². The number of rotatable bonds is 8. The number of hydrogen-bond donors (Lipinski definition) is 1. The molecule has 1 unspecified atom stereocenters. The molecule has 1 aromatic heterocycles. The Balaban J connectivity index is 2.68. The number of aliphatic hydroxyl groups is 1. The molecule has 0 saturated carbocycles. The smallest absolute Gasteiger partial charge is 0.243 e. The highest BCUT2D eigenvalue weighted by Crippen LogP contribution is 2.20. The summed E-state index contributed by atoms with van der Waals surface area (Å²) in [6, 6.07) is 0.0271. The molecule has 1 atom stereocenters. The molecule has 0 aliphatic carbocycles. The molecule has 1 aromatic rings. The van der Waals surface area contributed by atoms with Crippen LogP contribution < -0.4 is 0 Å². The fourth-order valence-corrected chi connectivity index (χ4v) is 2.05. The van der Waals surface area contributed by atoms with Crippen LogP contribution in [0.1, 0.15) is 65.2 Å². The van der Waals surface area contributed by atoms with Crippen molar-refractivity contribution >= 4 is 0 Å². The summed E-state index contributed by atoms with van der Waals surface area (Å²) >= 11 is 0. The minimum atomic E-state index is -0.727. The predicted octanol–water partition coefficient (Wildman–Crippen LogP) is 2.57. The summed E-state index contributed by atoms with van der Waals surface area (Å²) in [5.41, 5.74) is -0.727. The predicted molar refractivity (Wildman–Crippen MR) is 74.9 cm³/mol. The highest BCUT2D eigenvalue weighted by atomic mass is 16.5. The molecule has 0 aliphatic rings. The van der Waals surface area contributed by atoms with Gasteiger partial charge in [-0.3, -0.25) is 4.90 Å². The lowest BCUT2D eigenvalue weighted by atomic mass is 10.1. The summed E-state index contributed by atoms with van der Waals surface area (Å²) < 4.78 is 5.34. The minimum Gasteiger partial charge on any atom is -0.389 e. The Labute approximate surface area is 116 Å². The van der Waals surface area contributed by atoms with Crippen molar-refractivity contribution in [2.45, 2.75) is 65.5 Å². The number of nitrogens with zero attached hydrogens (tertiary/aromatic N) is 3. The highest BCUT2D eigenvalue weighted by Gasteiger charge is 2.25. The van der Waals surface area contributed by atoms with E-state index >= 15 is 0 Å². The van der Waals surface area contributed by atoms with Gasteiger partial charge in [0.2, 0.25) is 5.89 Å². The molecule has 1 heterocycles. The van der Waals surface area contributed by atoms with Gasteiger partial charge in [-0.05, 0) is 33.7 Å². The van der Waals surface area contributed by atoms with Crippen LogP contribution in [0.4, 0.5) is 0 Å². The number of aryl methyl sites for hydroxylation is 1. The molecule has 0 saturated heterocycles. The van der Waals surface area contributed by atoms with Crippen LogP contribution in [0.15, 0.2) is 4.52 Å². The first-order chi connectivity index (χ1) is 8.87. The lowest BCUT2D eigenvalue weighted by Crippen LogP contribution is -2.40. The van der Waals surface area contributed by atoms with Crippen LogP contribution in [-0.2, 0) is 6.42 Å². The third kappa shape index (κ3) is 5.28. The van der Waals surface area contributed by atoms with E-state index in [4.69, 9.17) is 4.52 Å². The van der Waals surface area contributed by atoms with Gasteiger partial charge in [-0.15, -0.1) is 0 Å². The van der Waals surface area contributed by atoms with Crippen molar-refractivity contribution in [3.63, 3.8) is 0 Å². The van der Waals surface area contributed by atoms with E-state index in [0.717, 1.165) is 31.6 Å². The first-order valence-corrected chi connectivity index (χ1v) is 7.16. The van der Waals surface area contributed by atoms with Crippen LogP contribution >= 0.6 is 0 Å². The molecule has 5 nitrogen and oxygen atoms in total. The molecular formula is C14H27N3O2. The van der Waals surface area contributed by atoms with Crippen molar-refractivity contribution in [1.82, 2.24) is 15.0 Å². The monoisotopic (exact) mass is 269 g/mol. The minimum absolute atomic E-state index is 0.0271. The third-order valence-electron chi connectivity index (χ3n) is 3.14. The van der Waals surface area contributed by atoms with Crippen LogP contribution in [0.25, 0.3) is 0 Å². The summed E-state index contributed by atoms with van der Waals surface area (Å²) in [5.74, 6) is 1.42. The van der Waals surface area contributed by atoms with Gasteiger partial charge >= 0.3 is 0 Å². The van der Waals surface area contributed by atoms with Gasteiger partial charge < -0.3 is 9.63 Å². The summed E-state index contributed by atoms with van der Waals surface area (Å²) in [5, 5.41) is 13.9. The molecule has 0 bridgehead atoms. The van der Waals surface area contributed by atoms with Gasteiger partial charge in [0.15, 0.2) is 5.82 Å². The highest BCUT2D eigenvalue weighted by molar-refractivity contribution is 4.93. The molecule has 0 radical (unpaired) electrons. The number of hydrogen-bond acceptors (Lipinski definition) is 5. The lowest BCUT2D eigenvalue weighted by molar-refractivity contribution is 0.0200. The van der Waals surface area contributed by atoms with Gasteiger partial charge in [-0.2, -0.15) is 4.98 Å². The quantitative estimate of drug-likeness (QED) is 0.786. The lowest BCUT2D eigenvalue weighted by Gasteiger charge is -2.30. The normalized spacial score (nSPS) is 14.1. The maximum absolute atomic E-state index is 9.93. The van der Waals surface area contributed by atoms with E-state index in [9.17, 15) is 5.11 Å². The topological polar surface area (TPSA) is 62.4 Å². The van der Waals surface area contributed by atoms with Gasteiger partial charge in [0, 0.05) is 13.0 Å². The van der Waals surface area contributed by atoms with E-state index in [1.807, 2.05) is 20.8 Å². The zero-order valence-corrected chi connectivity index (χ0v) is 12.8. The molecule has 110 valence electrons. The molecule has 5 heteroatoms. The Kier molecular flexibility index (Phi) is 5.94. The molecule has 0 fully saturated rings. The van der Waals surface area contributed by atoms with Gasteiger partial charge in [-0.1, -0.05) is 25.4 Å². The van der Waals surface area contributed by atoms with Gasteiger partial charge in [0.1, 0.15) is 0 Å². The molecular weight excluding hydrogens is 242 g/mol. The maximum atomic E-state index is 9.93. The Hall–Kier alpha value is -0.940. The van der Waals surface area contributed by atoms with Crippen LogP contribution in [0.3, 0.4) is 0 Å².